The van der Waals surface area contributed by atoms with Crippen LogP contribution in [-0.2, 0) is 24.4 Å². The lowest BCUT2D eigenvalue weighted by Crippen LogP contribution is -2.58. The zero-order valence-corrected chi connectivity index (χ0v) is 33.9. The number of para-hydroxylation sites is 2. The molecule has 0 radical (unpaired) electrons. The zero-order chi connectivity index (χ0) is 40.8. The Bertz CT molecular complexity index is 2360. The van der Waals surface area contributed by atoms with E-state index in [0.717, 1.165) is 42.5 Å². The molecule has 58 heavy (non-hydrogen) atoms. The minimum atomic E-state index is -3.98. The molecule has 4 aliphatic rings. The fraction of sp³-hybridized carbons (Fsp3) is 0.455. The van der Waals surface area contributed by atoms with Gasteiger partial charge in [-0.25, -0.2) is 12.8 Å². The Labute approximate surface area is 338 Å². The summed E-state index contributed by atoms with van der Waals surface area (Å²) in [6.45, 7) is 5.69. The third-order valence-corrected chi connectivity index (χ3v) is 14.4. The van der Waals surface area contributed by atoms with E-state index in [1.807, 2.05) is 85.2 Å². The first-order valence-electron chi connectivity index (χ1n) is 20.4. The molecule has 12 nitrogen and oxygen atoms in total. The highest BCUT2D eigenvalue weighted by Gasteiger charge is 2.63. The van der Waals surface area contributed by atoms with Gasteiger partial charge in [0.1, 0.15) is 35.1 Å². The number of allylic oxidation sites excluding steroid dienone is 1. The summed E-state index contributed by atoms with van der Waals surface area (Å²) in [5, 5.41) is 6.38. The number of sulfonamides is 1. The molecule has 5 atom stereocenters. The molecule has 306 valence electrons. The van der Waals surface area contributed by atoms with Crippen LogP contribution < -0.4 is 20.1 Å². The van der Waals surface area contributed by atoms with Crippen molar-refractivity contribution >= 4 is 44.5 Å². The first-order valence-corrected chi connectivity index (χ1v) is 21.9. The number of imidazole rings is 1. The fourth-order valence-electron chi connectivity index (χ4n) is 8.40. The third-order valence-electron chi connectivity index (χ3n) is 12.2. The Hall–Kier alpha value is -5.24. The highest BCUT2D eigenvalue weighted by atomic mass is 32.2. The summed E-state index contributed by atoms with van der Waals surface area (Å²) in [6.07, 6.45) is 8.27. The second kappa shape index (κ2) is 15.5. The number of aromatic nitrogens is 2. The van der Waals surface area contributed by atoms with Crippen LogP contribution in [0, 0.1) is 11.7 Å². The fourth-order valence-corrected chi connectivity index (χ4v) is 9.71. The van der Waals surface area contributed by atoms with Gasteiger partial charge in [0.25, 0.3) is 11.9 Å². The SMILES string of the molecule is CC(C)n1c(O[C@@H]2C[C@H]3C(=O)N[C@]4(C(=O)NS(=O)(=O)C5(C)CC5)C[C@H]4C=CCCCCC[C@H](Nc4ccccc4)C(=O)N3C2)nc2c(-c3cccc(F)c3)cccc21. The maximum atomic E-state index is 14.8. The van der Waals surface area contributed by atoms with Crippen molar-refractivity contribution in [1.29, 1.82) is 0 Å². The molecule has 3 heterocycles. The number of rotatable bonds is 9. The number of anilines is 1. The number of ether oxygens (including phenoxy) is 1. The number of benzene rings is 3. The second-order valence-corrected chi connectivity index (χ2v) is 19.0. The molecular weight excluding hydrogens is 760 g/mol. The van der Waals surface area contributed by atoms with Crippen LogP contribution in [0.1, 0.15) is 84.6 Å². The molecule has 0 spiro atoms. The molecule has 4 aromatic rings. The number of nitrogens with one attached hydrogen (secondary N) is 3. The van der Waals surface area contributed by atoms with Crippen LogP contribution in [0.2, 0.25) is 0 Å². The standard InChI is InChI=1S/C44H51FN6O6S/c1-28(2)51-36-21-13-19-34(29-14-12-16-31(45)24-29)38(36)47-42(51)57-33-25-37-39(52)48-44(41(54)49-58(55,56)43(3)22-23-43)26-30(44)15-8-5-4-6-11-20-35(40(53)50(37)27-33)46-32-17-9-7-10-18-32/h7-10,12-19,21,24,28,30,33,35,37,46H,4-6,11,20,22-23,25-27H2,1-3H3,(H,48,52)(H,49,54)/t30-,33-,35+,37+,44-/m1/s1. The van der Waals surface area contributed by atoms with E-state index in [1.54, 1.807) is 17.9 Å². The Morgan fingerprint density at radius 3 is 2.53 bits per heavy atom. The molecule has 2 aliphatic heterocycles. The number of fused-ring (bicyclic) bond motifs is 3. The molecule has 8 rings (SSSR count). The summed E-state index contributed by atoms with van der Waals surface area (Å²) in [6, 6.07) is 20.1. The number of carbonyl (C=O) groups excluding carboxylic acids is 3. The highest BCUT2D eigenvalue weighted by molar-refractivity contribution is 7.91. The van der Waals surface area contributed by atoms with Crippen molar-refractivity contribution in [3.05, 3.63) is 90.8 Å². The molecule has 14 heteroatoms. The van der Waals surface area contributed by atoms with E-state index in [2.05, 4.69) is 15.4 Å². The van der Waals surface area contributed by atoms with Crippen molar-refractivity contribution in [3.8, 4) is 17.1 Å². The molecule has 2 saturated carbocycles. The molecule has 0 bridgehead atoms. The number of amides is 3. The molecule has 3 fully saturated rings. The summed E-state index contributed by atoms with van der Waals surface area (Å²) >= 11 is 0. The Kier molecular flexibility index (Phi) is 10.6. The van der Waals surface area contributed by atoms with Crippen molar-refractivity contribution in [2.24, 2.45) is 5.92 Å². The van der Waals surface area contributed by atoms with Crippen LogP contribution in [0.5, 0.6) is 6.01 Å². The van der Waals surface area contributed by atoms with Crippen LogP contribution in [0.4, 0.5) is 10.1 Å². The lowest BCUT2D eigenvalue weighted by atomic mass is 10.0. The average Bonchev–Trinajstić information content (AvgIpc) is 4.01. The van der Waals surface area contributed by atoms with Crippen LogP contribution in [0.15, 0.2) is 84.9 Å². The number of carbonyl (C=O) groups is 3. The van der Waals surface area contributed by atoms with Crippen molar-refractivity contribution in [1.82, 2.24) is 24.5 Å². The Balaban J connectivity index is 1.13. The molecule has 3 amide bonds. The first-order chi connectivity index (χ1) is 27.8. The lowest BCUT2D eigenvalue weighted by molar-refractivity contribution is -0.140. The summed E-state index contributed by atoms with van der Waals surface area (Å²) in [5.41, 5.74) is 2.11. The lowest BCUT2D eigenvalue weighted by Gasteiger charge is -2.30. The van der Waals surface area contributed by atoms with Gasteiger partial charge in [-0.05, 0) is 95.2 Å². The quantitative estimate of drug-likeness (QED) is 0.159. The normalized spacial score (nSPS) is 25.9. The van der Waals surface area contributed by atoms with Gasteiger partial charge in [0.15, 0.2) is 0 Å². The first kappa shape index (κ1) is 39.6. The second-order valence-electron chi connectivity index (χ2n) is 16.8. The highest BCUT2D eigenvalue weighted by Crippen LogP contribution is 2.47. The molecular formula is C44H51FN6O6S. The Morgan fingerprint density at radius 2 is 1.79 bits per heavy atom. The Morgan fingerprint density at radius 1 is 1.02 bits per heavy atom. The minimum absolute atomic E-state index is 0.0667. The van der Waals surface area contributed by atoms with E-state index >= 15 is 0 Å². The van der Waals surface area contributed by atoms with Crippen LogP contribution >= 0.6 is 0 Å². The number of halogens is 1. The average molecular weight is 811 g/mol. The summed E-state index contributed by atoms with van der Waals surface area (Å²) < 4.78 is 50.7. The molecule has 1 saturated heterocycles. The molecule has 2 aliphatic carbocycles. The topological polar surface area (TPSA) is 152 Å². The van der Waals surface area contributed by atoms with E-state index in [0.29, 0.717) is 36.4 Å². The van der Waals surface area contributed by atoms with Gasteiger partial charge in [-0.2, -0.15) is 4.98 Å². The summed E-state index contributed by atoms with van der Waals surface area (Å²) in [5.74, 6) is -2.37. The summed E-state index contributed by atoms with van der Waals surface area (Å²) in [4.78, 5) is 49.8. The largest absolute Gasteiger partial charge is 0.459 e. The maximum Gasteiger partial charge on any atom is 0.297 e. The van der Waals surface area contributed by atoms with Crippen LogP contribution in [0.3, 0.4) is 0 Å². The minimum Gasteiger partial charge on any atom is -0.459 e. The van der Waals surface area contributed by atoms with Gasteiger partial charge in [0.05, 0.1) is 16.8 Å². The van der Waals surface area contributed by atoms with Crippen LogP contribution in [-0.4, -0.2) is 75.6 Å². The van der Waals surface area contributed by atoms with E-state index in [4.69, 9.17) is 9.72 Å². The van der Waals surface area contributed by atoms with Gasteiger partial charge in [-0.15, -0.1) is 0 Å². The van der Waals surface area contributed by atoms with Gasteiger partial charge < -0.3 is 20.3 Å². The molecule has 3 aromatic carbocycles. The van der Waals surface area contributed by atoms with Crippen molar-refractivity contribution in [2.45, 2.75) is 113 Å². The zero-order valence-electron chi connectivity index (χ0n) is 33.1. The van der Waals surface area contributed by atoms with E-state index in [-0.39, 0.29) is 37.2 Å². The van der Waals surface area contributed by atoms with Crippen LogP contribution in [0.25, 0.3) is 22.2 Å². The summed E-state index contributed by atoms with van der Waals surface area (Å²) in [7, 11) is -3.98. The van der Waals surface area contributed by atoms with E-state index in [1.165, 1.54) is 12.1 Å². The predicted octanol–water partition coefficient (Wildman–Crippen LogP) is 6.65. The predicted molar refractivity (Wildman–Crippen MR) is 220 cm³/mol. The number of hydrogen-bond donors (Lipinski definition) is 3. The van der Waals surface area contributed by atoms with Gasteiger partial charge in [-0.1, -0.05) is 67.5 Å². The van der Waals surface area contributed by atoms with Gasteiger partial charge in [-0.3, -0.25) is 23.7 Å². The number of nitrogens with zero attached hydrogens (tertiary/aromatic N) is 3. The van der Waals surface area contributed by atoms with Gasteiger partial charge >= 0.3 is 0 Å². The smallest absolute Gasteiger partial charge is 0.297 e. The van der Waals surface area contributed by atoms with E-state index in [9.17, 15) is 27.2 Å². The van der Waals surface area contributed by atoms with Gasteiger partial charge in [0.2, 0.25) is 21.8 Å². The molecule has 0 unspecified atom stereocenters. The number of hydrogen-bond acceptors (Lipinski definition) is 8. The van der Waals surface area contributed by atoms with Crippen molar-refractivity contribution in [3.63, 3.8) is 0 Å². The van der Waals surface area contributed by atoms with E-state index < -0.39 is 56.2 Å². The molecule has 1 aromatic heterocycles. The maximum absolute atomic E-state index is 14.8. The van der Waals surface area contributed by atoms with Gasteiger partial charge in [0, 0.05) is 29.6 Å². The van der Waals surface area contributed by atoms with Crippen molar-refractivity contribution < 1.29 is 31.9 Å². The monoisotopic (exact) mass is 810 g/mol. The molecule has 3 N–H and O–H groups in total. The van der Waals surface area contributed by atoms with Crippen molar-refractivity contribution in [2.75, 3.05) is 11.9 Å². The third kappa shape index (κ3) is 7.70.